The number of amides is 2. The number of nitrogens with zero attached hydrogens (tertiary/aromatic N) is 1. The molecule has 1 aromatic heterocycles. The van der Waals surface area contributed by atoms with E-state index in [1.165, 1.54) is 0 Å². The van der Waals surface area contributed by atoms with Crippen molar-refractivity contribution >= 4 is 11.8 Å². The summed E-state index contributed by atoms with van der Waals surface area (Å²) < 4.78 is 5.18. The largest absolute Gasteiger partial charge is 0.467 e. The van der Waals surface area contributed by atoms with E-state index in [0.717, 1.165) is 25.9 Å². The van der Waals surface area contributed by atoms with Crippen LogP contribution in [-0.2, 0) is 16.1 Å². The molecule has 2 amide bonds. The van der Waals surface area contributed by atoms with Crippen LogP contribution in [0.3, 0.4) is 0 Å². The van der Waals surface area contributed by atoms with Gasteiger partial charge in [0.2, 0.25) is 11.8 Å². The highest BCUT2D eigenvalue weighted by Gasteiger charge is 2.39. The van der Waals surface area contributed by atoms with E-state index in [2.05, 4.69) is 12.2 Å². The van der Waals surface area contributed by atoms with Gasteiger partial charge in [-0.2, -0.15) is 0 Å². The normalized spacial score (nSPS) is 19.4. The lowest BCUT2D eigenvalue weighted by Crippen LogP contribution is -2.51. The van der Waals surface area contributed by atoms with E-state index in [1.54, 1.807) is 32.2 Å². The predicted octanol–water partition coefficient (Wildman–Crippen LogP) is 2.18. The molecule has 0 aromatic carbocycles. The molecular formula is C16H24N2O3. The molecule has 21 heavy (non-hydrogen) atoms. The third kappa shape index (κ3) is 3.65. The number of likely N-dealkylation sites (tertiary alicyclic amines) is 1. The number of piperidine rings is 1. The zero-order valence-electron chi connectivity index (χ0n) is 13.0. The number of furan rings is 1. The number of rotatable bonds is 4. The van der Waals surface area contributed by atoms with Gasteiger partial charge in [-0.05, 0) is 44.7 Å². The molecule has 5 nitrogen and oxygen atoms in total. The summed E-state index contributed by atoms with van der Waals surface area (Å²) in [7, 11) is 0. The molecule has 116 valence electrons. The van der Waals surface area contributed by atoms with Crippen LogP contribution in [0.2, 0.25) is 0 Å². The van der Waals surface area contributed by atoms with Gasteiger partial charge in [0.1, 0.15) is 11.2 Å². The molecule has 0 spiro atoms. The highest BCUT2D eigenvalue weighted by atomic mass is 16.3. The van der Waals surface area contributed by atoms with Crippen LogP contribution >= 0.6 is 0 Å². The van der Waals surface area contributed by atoms with Gasteiger partial charge in [-0.3, -0.25) is 9.59 Å². The van der Waals surface area contributed by atoms with Crippen molar-refractivity contribution in [2.45, 2.75) is 40.2 Å². The third-order valence-corrected chi connectivity index (χ3v) is 4.05. The summed E-state index contributed by atoms with van der Waals surface area (Å²) in [5, 5.41) is 2.78. The van der Waals surface area contributed by atoms with Crippen LogP contribution in [0.1, 0.15) is 39.4 Å². The van der Waals surface area contributed by atoms with Gasteiger partial charge in [-0.15, -0.1) is 0 Å². The van der Waals surface area contributed by atoms with Gasteiger partial charge in [0.15, 0.2) is 0 Å². The summed E-state index contributed by atoms with van der Waals surface area (Å²) >= 11 is 0. The lowest BCUT2D eigenvalue weighted by Gasteiger charge is -2.36. The first-order valence-corrected chi connectivity index (χ1v) is 7.51. The fourth-order valence-corrected chi connectivity index (χ4v) is 2.67. The fourth-order valence-electron chi connectivity index (χ4n) is 2.67. The first kappa shape index (κ1) is 15.6. The predicted molar refractivity (Wildman–Crippen MR) is 79.3 cm³/mol. The molecule has 0 bridgehead atoms. The molecule has 1 fully saturated rings. The Labute approximate surface area is 125 Å². The van der Waals surface area contributed by atoms with Crippen molar-refractivity contribution in [3.8, 4) is 0 Å². The van der Waals surface area contributed by atoms with Gasteiger partial charge in [-0.25, -0.2) is 0 Å². The Morgan fingerprint density at radius 3 is 2.86 bits per heavy atom. The van der Waals surface area contributed by atoms with E-state index in [-0.39, 0.29) is 11.8 Å². The molecule has 1 aliphatic rings. The Hall–Kier alpha value is -1.78. The van der Waals surface area contributed by atoms with Crippen LogP contribution < -0.4 is 5.32 Å². The molecule has 0 saturated carbocycles. The Morgan fingerprint density at radius 1 is 1.48 bits per heavy atom. The molecule has 5 heteroatoms. The molecule has 1 unspecified atom stereocenters. The third-order valence-electron chi connectivity index (χ3n) is 4.05. The highest BCUT2D eigenvalue weighted by Crippen LogP contribution is 2.24. The van der Waals surface area contributed by atoms with Gasteiger partial charge in [0, 0.05) is 13.1 Å². The lowest BCUT2D eigenvalue weighted by atomic mass is 9.88. The summed E-state index contributed by atoms with van der Waals surface area (Å²) in [5.41, 5.74) is -1.05. The first-order valence-electron chi connectivity index (χ1n) is 7.51. The average Bonchev–Trinajstić information content (AvgIpc) is 2.97. The standard InChI is InChI=1S/C16H24N2O3/c1-12-6-4-8-18(11-12)15(20)16(2,3)14(19)17-10-13-7-5-9-21-13/h5,7,9,12H,4,6,8,10-11H2,1-3H3,(H,17,19). The van der Waals surface area contributed by atoms with Crippen molar-refractivity contribution in [1.82, 2.24) is 10.2 Å². The molecule has 1 aromatic rings. The number of carbonyl (C=O) groups is 2. The molecule has 0 aliphatic carbocycles. The van der Waals surface area contributed by atoms with Crippen LogP contribution in [-0.4, -0.2) is 29.8 Å². The fraction of sp³-hybridized carbons (Fsp3) is 0.625. The second kappa shape index (κ2) is 6.33. The van der Waals surface area contributed by atoms with Crippen LogP contribution in [0, 0.1) is 11.3 Å². The molecule has 2 rings (SSSR count). The Balaban J connectivity index is 1.95. The minimum atomic E-state index is -1.05. The van der Waals surface area contributed by atoms with Gasteiger partial charge in [-0.1, -0.05) is 6.92 Å². The van der Waals surface area contributed by atoms with Crippen molar-refractivity contribution in [2.24, 2.45) is 11.3 Å². The van der Waals surface area contributed by atoms with E-state index in [4.69, 9.17) is 4.42 Å². The molecular weight excluding hydrogens is 268 g/mol. The first-order chi connectivity index (χ1) is 9.91. The summed E-state index contributed by atoms with van der Waals surface area (Å²) in [6.07, 6.45) is 3.72. The zero-order chi connectivity index (χ0) is 15.5. The van der Waals surface area contributed by atoms with Gasteiger partial charge in [0.05, 0.1) is 12.8 Å². The van der Waals surface area contributed by atoms with Crippen LogP contribution in [0.4, 0.5) is 0 Å². The second-order valence-corrected chi connectivity index (χ2v) is 6.39. The minimum absolute atomic E-state index is 0.0917. The second-order valence-electron chi connectivity index (χ2n) is 6.39. The van der Waals surface area contributed by atoms with E-state index in [0.29, 0.717) is 18.2 Å². The molecule has 0 radical (unpaired) electrons. The van der Waals surface area contributed by atoms with Crippen LogP contribution in [0.15, 0.2) is 22.8 Å². The Morgan fingerprint density at radius 2 is 2.24 bits per heavy atom. The van der Waals surface area contributed by atoms with Gasteiger partial charge < -0.3 is 14.6 Å². The van der Waals surface area contributed by atoms with E-state index < -0.39 is 5.41 Å². The highest BCUT2D eigenvalue weighted by molar-refractivity contribution is 6.04. The van der Waals surface area contributed by atoms with Crippen molar-refractivity contribution < 1.29 is 14.0 Å². The van der Waals surface area contributed by atoms with E-state index in [9.17, 15) is 9.59 Å². The molecule has 1 atom stereocenters. The maximum absolute atomic E-state index is 12.6. The maximum atomic E-state index is 12.6. The molecule has 2 heterocycles. The molecule has 1 aliphatic heterocycles. The van der Waals surface area contributed by atoms with Crippen molar-refractivity contribution in [3.63, 3.8) is 0 Å². The van der Waals surface area contributed by atoms with Gasteiger partial charge in [0.25, 0.3) is 0 Å². The lowest BCUT2D eigenvalue weighted by molar-refractivity contribution is -0.149. The number of nitrogens with one attached hydrogen (secondary N) is 1. The molecule has 1 saturated heterocycles. The topological polar surface area (TPSA) is 62.6 Å². The molecule has 1 N–H and O–H groups in total. The van der Waals surface area contributed by atoms with Crippen molar-refractivity contribution in [2.75, 3.05) is 13.1 Å². The quantitative estimate of drug-likeness (QED) is 0.865. The van der Waals surface area contributed by atoms with Crippen molar-refractivity contribution in [1.29, 1.82) is 0 Å². The minimum Gasteiger partial charge on any atom is -0.467 e. The summed E-state index contributed by atoms with van der Waals surface area (Å²) in [6.45, 7) is 7.31. The van der Waals surface area contributed by atoms with Crippen LogP contribution in [0.5, 0.6) is 0 Å². The Kier molecular flexibility index (Phi) is 4.70. The van der Waals surface area contributed by atoms with Crippen molar-refractivity contribution in [3.05, 3.63) is 24.2 Å². The summed E-state index contributed by atoms with van der Waals surface area (Å²) in [4.78, 5) is 26.8. The number of carbonyl (C=O) groups excluding carboxylic acids is 2. The van der Waals surface area contributed by atoms with Crippen LogP contribution in [0.25, 0.3) is 0 Å². The maximum Gasteiger partial charge on any atom is 0.237 e. The van der Waals surface area contributed by atoms with Gasteiger partial charge >= 0.3 is 0 Å². The number of hydrogen-bond acceptors (Lipinski definition) is 3. The smallest absolute Gasteiger partial charge is 0.237 e. The monoisotopic (exact) mass is 292 g/mol. The summed E-state index contributed by atoms with van der Waals surface area (Å²) in [5.74, 6) is 0.830. The van der Waals surface area contributed by atoms with E-state index in [1.807, 2.05) is 4.90 Å². The summed E-state index contributed by atoms with van der Waals surface area (Å²) in [6, 6.07) is 3.56. The van der Waals surface area contributed by atoms with E-state index >= 15 is 0 Å². The Bertz CT molecular complexity index is 494. The average molecular weight is 292 g/mol. The SMILES string of the molecule is CC1CCCN(C(=O)C(C)(C)C(=O)NCc2ccco2)C1. The number of hydrogen-bond donors (Lipinski definition) is 1. The zero-order valence-corrected chi connectivity index (χ0v) is 13.0.